The molecule has 2 rings (SSSR count). The Kier molecular flexibility index (Phi) is 6.90. The molecular formula is C18H25NO2S. The second-order valence-electron chi connectivity index (χ2n) is 5.53. The summed E-state index contributed by atoms with van der Waals surface area (Å²) in [5.41, 5.74) is 0. The number of nitrogens with zero attached hydrogens (tertiary/aromatic N) is 1. The van der Waals surface area contributed by atoms with E-state index in [4.69, 9.17) is 4.74 Å². The number of rotatable bonds is 9. The highest BCUT2D eigenvalue weighted by molar-refractivity contribution is 7.11. The predicted octanol–water partition coefficient (Wildman–Crippen LogP) is 3.71. The molecule has 120 valence electrons. The van der Waals surface area contributed by atoms with E-state index in [1.54, 1.807) is 0 Å². The standard InChI is InChI=1S/C18H25NO2S/c1-3-11-19(13-18-10-9-15(2)22-18)12-16(20)14-21-17-7-5-4-6-8-17/h4-10,16,20H,3,11-14H2,1-2H3. The van der Waals surface area contributed by atoms with Crippen LogP contribution in [0.15, 0.2) is 42.5 Å². The molecule has 0 amide bonds. The van der Waals surface area contributed by atoms with E-state index < -0.39 is 6.10 Å². The molecule has 1 unspecified atom stereocenters. The molecule has 2 aromatic rings. The smallest absolute Gasteiger partial charge is 0.119 e. The number of hydrogen-bond acceptors (Lipinski definition) is 4. The number of para-hydroxylation sites is 1. The Labute approximate surface area is 137 Å². The van der Waals surface area contributed by atoms with Gasteiger partial charge in [-0.05, 0) is 44.2 Å². The van der Waals surface area contributed by atoms with Crippen LogP contribution in [0.25, 0.3) is 0 Å². The van der Waals surface area contributed by atoms with Gasteiger partial charge in [0.05, 0.1) is 0 Å². The molecule has 0 saturated heterocycles. The Hall–Kier alpha value is -1.36. The van der Waals surface area contributed by atoms with E-state index in [9.17, 15) is 5.11 Å². The molecule has 0 fully saturated rings. The van der Waals surface area contributed by atoms with Crippen molar-refractivity contribution in [3.63, 3.8) is 0 Å². The van der Waals surface area contributed by atoms with Crippen LogP contribution in [0.3, 0.4) is 0 Å². The molecule has 0 aliphatic carbocycles. The third kappa shape index (κ3) is 5.79. The van der Waals surface area contributed by atoms with Crippen molar-refractivity contribution in [3.8, 4) is 5.75 Å². The lowest BCUT2D eigenvalue weighted by molar-refractivity contribution is 0.0659. The molecule has 0 aliphatic rings. The lowest BCUT2D eigenvalue weighted by atomic mass is 10.3. The second-order valence-corrected chi connectivity index (χ2v) is 6.90. The van der Waals surface area contributed by atoms with Gasteiger partial charge >= 0.3 is 0 Å². The van der Waals surface area contributed by atoms with Gasteiger partial charge in [-0.3, -0.25) is 4.90 Å². The molecule has 0 radical (unpaired) electrons. The van der Waals surface area contributed by atoms with Gasteiger partial charge in [0.2, 0.25) is 0 Å². The minimum atomic E-state index is -0.479. The first-order valence-electron chi connectivity index (χ1n) is 7.81. The number of benzene rings is 1. The maximum Gasteiger partial charge on any atom is 0.119 e. The molecule has 0 saturated carbocycles. The summed E-state index contributed by atoms with van der Waals surface area (Å²) >= 11 is 1.82. The fourth-order valence-electron chi connectivity index (χ4n) is 2.40. The van der Waals surface area contributed by atoms with E-state index in [-0.39, 0.29) is 0 Å². The molecule has 4 heteroatoms. The minimum absolute atomic E-state index is 0.327. The molecule has 3 nitrogen and oxygen atoms in total. The van der Waals surface area contributed by atoms with E-state index in [2.05, 4.69) is 30.9 Å². The molecule has 1 N–H and O–H groups in total. The van der Waals surface area contributed by atoms with Gasteiger partial charge in [0, 0.05) is 22.8 Å². The molecule has 0 aliphatic heterocycles. The third-order valence-electron chi connectivity index (χ3n) is 3.37. The lowest BCUT2D eigenvalue weighted by Crippen LogP contribution is -2.35. The maximum atomic E-state index is 10.2. The fourth-order valence-corrected chi connectivity index (χ4v) is 3.33. The number of aliphatic hydroxyl groups is 1. The van der Waals surface area contributed by atoms with Crippen molar-refractivity contribution in [2.24, 2.45) is 0 Å². The van der Waals surface area contributed by atoms with E-state index in [1.165, 1.54) is 9.75 Å². The summed E-state index contributed by atoms with van der Waals surface area (Å²) in [7, 11) is 0. The zero-order valence-electron chi connectivity index (χ0n) is 13.4. The lowest BCUT2D eigenvalue weighted by Gasteiger charge is -2.24. The zero-order chi connectivity index (χ0) is 15.8. The molecule has 1 aromatic carbocycles. The van der Waals surface area contributed by atoms with Gasteiger partial charge in [-0.15, -0.1) is 11.3 Å². The van der Waals surface area contributed by atoms with E-state index in [1.807, 2.05) is 41.7 Å². The van der Waals surface area contributed by atoms with Crippen LogP contribution in [0, 0.1) is 6.92 Å². The Bertz CT molecular complexity index is 541. The monoisotopic (exact) mass is 319 g/mol. The van der Waals surface area contributed by atoms with Crippen molar-refractivity contribution in [2.45, 2.75) is 32.9 Å². The first kappa shape index (κ1) is 17.0. The van der Waals surface area contributed by atoms with E-state index in [0.29, 0.717) is 13.2 Å². The summed E-state index contributed by atoms with van der Waals surface area (Å²) in [6.07, 6.45) is 0.601. The molecule has 0 bridgehead atoms. The Morgan fingerprint density at radius 1 is 1.18 bits per heavy atom. The highest BCUT2D eigenvalue weighted by Gasteiger charge is 2.13. The van der Waals surface area contributed by atoms with Gasteiger partial charge in [0.15, 0.2) is 0 Å². The summed E-state index contributed by atoms with van der Waals surface area (Å²) in [6.45, 7) is 7.14. The van der Waals surface area contributed by atoms with Crippen LogP contribution in [-0.4, -0.2) is 35.8 Å². The van der Waals surface area contributed by atoms with Crippen LogP contribution in [0.1, 0.15) is 23.1 Å². The Morgan fingerprint density at radius 3 is 2.59 bits per heavy atom. The average Bonchev–Trinajstić information content (AvgIpc) is 2.91. The van der Waals surface area contributed by atoms with Gasteiger partial charge in [-0.25, -0.2) is 0 Å². The zero-order valence-corrected chi connectivity index (χ0v) is 14.2. The van der Waals surface area contributed by atoms with Gasteiger partial charge in [0.25, 0.3) is 0 Å². The molecule has 0 spiro atoms. The van der Waals surface area contributed by atoms with Gasteiger partial charge in [-0.2, -0.15) is 0 Å². The third-order valence-corrected chi connectivity index (χ3v) is 4.36. The topological polar surface area (TPSA) is 32.7 Å². The van der Waals surface area contributed by atoms with Crippen LogP contribution < -0.4 is 4.74 Å². The first-order valence-corrected chi connectivity index (χ1v) is 8.62. The van der Waals surface area contributed by atoms with Gasteiger partial charge in [-0.1, -0.05) is 25.1 Å². The Balaban J connectivity index is 1.81. The van der Waals surface area contributed by atoms with Gasteiger partial charge in [0.1, 0.15) is 18.5 Å². The minimum Gasteiger partial charge on any atom is -0.491 e. The quantitative estimate of drug-likeness (QED) is 0.765. The molecule has 22 heavy (non-hydrogen) atoms. The molecule has 1 atom stereocenters. The maximum absolute atomic E-state index is 10.2. The largest absolute Gasteiger partial charge is 0.491 e. The SMILES string of the molecule is CCCN(Cc1ccc(C)s1)CC(O)COc1ccccc1. The molecule has 1 aromatic heterocycles. The summed E-state index contributed by atoms with van der Waals surface area (Å²) in [6, 6.07) is 14.0. The van der Waals surface area contributed by atoms with Crippen LogP contribution in [-0.2, 0) is 6.54 Å². The number of aliphatic hydroxyl groups excluding tert-OH is 1. The summed E-state index contributed by atoms with van der Waals surface area (Å²) in [5, 5.41) is 10.2. The fraction of sp³-hybridized carbons (Fsp3) is 0.444. The number of thiophene rings is 1. The molecular weight excluding hydrogens is 294 g/mol. The van der Waals surface area contributed by atoms with Crippen LogP contribution in [0.4, 0.5) is 0 Å². The Morgan fingerprint density at radius 2 is 1.95 bits per heavy atom. The highest BCUT2D eigenvalue weighted by atomic mass is 32.1. The van der Waals surface area contributed by atoms with Crippen LogP contribution >= 0.6 is 11.3 Å². The van der Waals surface area contributed by atoms with Crippen molar-refractivity contribution >= 4 is 11.3 Å². The van der Waals surface area contributed by atoms with Crippen molar-refractivity contribution < 1.29 is 9.84 Å². The first-order chi connectivity index (χ1) is 10.7. The summed E-state index contributed by atoms with van der Waals surface area (Å²) in [5.74, 6) is 0.803. The normalized spacial score (nSPS) is 12.5. The predicted molar refractivity (Wildman–Crippen MR) is 92.6 cm³/mol. The second kappa shape index (κ2) is 8.93. The number of ether oxygens (including phenoxy) is 1. The number of aryl methyl sites for hydroxylation is 1. The van der Waals surface area contributed by atoms with Crippen molar-refractivity contribution in [3.05, 3.63) is 52.2 Å². The summed E-state index contributed by atoms with van der Waals surface area (Å²) in [4.78, 5) is 4.98. The van der Waals surface area contributed by atoms with Crippen molar-refractivity contribution in [1.82, 2.24) is 4.90 Å². The number of hydrogen-bond donors (Lipinski definition) is 1. The van der Waals surface area contributed by atoms with Crippen LogP contribution in [0.5, 0.6) is 5.75 Å². The van der Waals surface area contributed by atoms with Crippen molar-refractivity contribution in [2.75, 3.05) is 19.7 Å². The van der Waals surface area contributed by atoms with Gasteiger partial charge < -0.3 is 9.84 Å². The van der Waals surface area contributed by atoms with Crippen LogP contribution in [0.2, 0.25) is 0 Å². The summed E-state index contributed by atoms with van der Waals surface area (Å²) < 4.78 is 5.63. The molecule has 1 heterocycles. The van der Waals surface area contributed by atoms with E-state index in [0.717, 1.165) is 25.3 Å². The average molecular weight is 319 g/mol. The highest BCUT2D eigenvalue weighted by Crippen LogP contribution is 2.17. The van der Waals surface area contributed by atoms with E-state index >= 15 is 0 Å². The van der Waals surface area contributed by atoms with Crippen molar-refractivity contribution in [1.29, 1.82) is 0 Å².